The summed E-state index contributed by atoms with van der Waals surface area (Å²) < 4.78 is 0. The van der Waals surface area contributed by atoms with Crippen LogP contribution in [0, 0.1) is 0 Å². The van der Waals surface area contributed by atoms with Crippen molar-refractivity contribution in [3.8, 4) is 0 Å². The van der Waals surface area contributed by atoms with Crippen LogP contribution in [0.2, 0.25) is 0 Å². The van der Waals surface area contributed by atoms with Crippen molar-refractivity contribution in [2.45, 2.75) is 43.7 Å². The Labute approximate surface area is 123 Å². The molecule has 2 amide bonds. The Morgan fingerprint density at radius 3 is 2.62 bits per heavy atom. The molecule has 6 heteroatoms. The number of amides is 2. The second kappa shape index (κ2) is 5.11. The molecule has 1 saturated carbocycles. The van der Waals surface area contributed by atoms with Gasteiger partial charge < -0.3 is 15.7 Å². The molecular weight excluding hydrogens is 270 g/mol. The first kappa shape index (κ1) is 14.0. The quantitative estimate of drug-likeness (QED) is 0.837. The Morgan fingerprint density at radius 1 is 1.33 bits per heavy atom. The molecule has 1 atom stereocenters. The number of aliphatic hydroxyl groups is 1. The first-order valence-corrected chi connectivity index (χ1v) is 7.30. The lowest BCUT2D eigenvalue weighted by Gasteiger charge is -2.37. The first-order chi connectivity index (χ1) is 10.0. The number of carbonyl (C=O) groups excluding carboxylic acids is 2. The predicted molar refractivity (Wildman–Crippen MR) is 75.6 cm³/mol. The molecule has 21 heavy (non-hydrogen) atoms. The Hall–Kier alpha value is -1.95. The minimum absolute atomic E-state index is 0.176. The molecule has 6 nitrogen and oxygen atoms in total. The summed E-state index contributed by atoms with van der Waals surface area (Å²) in [5.74, 6) is -0.741. The second-order valence-corrected chi connectivity index (χ2v) is 5.87. The van der Waals surface area contributed by atoms with Gasteiger partial charge in [-0.2, -0.15) is 0 Å². The van der Waals surface area contributed by atoms with E-state index in [-0.39, 0.29) is 11.5 Å². The normalized spacial score (nSPS) is 23.7. The highest BCUT2D eigenvalue weighted by Gasteiger charge is 2.51. The molecule has 1 aromatic rings. The minimum atomic E-state index is -0.564. The SMILES string of the molecule is NC(=O)c1ccc(C(=O)N2CCC(O)C23CCCC3)nc1. The number of aliphatic hydroxyl groups excluding tert-OH is 1. The van der Waals surface area contributed by atoms with Crippen LogP contribution in [0.5, 0.6) is 0 Å². The fourth-order valence-electron chi connectivity index (χ4n) is 3.62. The third kappa shape index (κ3) is 2.19. The van der Waals surface area contributed by atoms with Crippen molar-refractivity contribution >= 4 is 11.8 Å². The van der Waals surface area contributed by atoms with Crippen molar-refractivity contribution in [1.82, 2.24) is 9.88 Å². The molecule has 1 aliphatic heterocycles. The highest BCUT2D eigenvalue weighted by Crippen LogP contribution is 2.43. The van der Waals surface area contributed by atoms with Crippen LogP contribution in [0.15, 0.2) is 18.3 Å². The molecule has 1 saturated heterocycles. The molecule has 112 valence electrons. The van der Waals surface area contributed by atoms with Crippen LogP contribution in [0.1, 0.15) is 53.0 Å². The molecule has 0 bridgehead atoms. The van der Waals surface area contributed by atoms with Crippen molar-refractivity contribution in [3.05, 3.63) is 29.6 Å². The Balaban J connectivity index is 1.86. The predicted octanol–water partition coefficient (Wildman–Crippen LogP) is 0.700. The third-order valence-electron chi connectivity index (χ3n) is 4.77. The van der Waals surface area contributed by atoms with Gasteiger partial charge in [-0.15, -0.1) is 0 Å². The van der Waals surface area contributed by atoms with E-state index in [1.165, 1.54) is 18.3 Å². The van der Waals surface area contributed by atoms with Gasteiger partial charge in [-0.3, -0.25) is 14.6 Å². The fourth-order valence-corrected chi connectivity index (χ4v) is 3.62. The van der Waals surface area contributed by atoms with Crippen LogP contribution < -0.4 is 5.73 Å². The van der Waals surface area contributed by atoms with Crippen molar-refractivity contribution in [2.24, 2.45) is 5.73 Å². The number of carbonyl (C=O) groups is 2. The maximum atomic E-state index is 12.7. The standard InChI is InChI=1S/C15H19N3O3/c16-13(20)10-3-4-11(17-9-10)14(21)18-8-5-12(19)15(18)6-1-2-7-15/h3-4,9,12,19H,1-2,5-8H2,(H2,16,20). The maximum Gasteiger partial charge on any atom is 0.272 e. The molecule has 1 spiro atoms. The van der Waals surface area contributed by atoms with E-state index in [1.54, 1.807) is 4.90 Å². The summed E-state index contributed by atoms with van der Waals surface area (Å²) in [4.78, 5) is 29.5. The van der Waals surface area contributed by atoms with Crippen molar-refractivity contribution in [2.75, 3.05) is 6.54 Å². The van der Waals surface area contributed by atoms with Gasteiger partial charge in [0.2, 0.25) is 5.91 Å². The van der Waals surface area contributed by atoms with E-state index in [9.17, 15) is 14.7 Å². The van der Waals surface area contributed by atoms with Gasteiger partial charge in [0.15, 0.2) is 0 Å². The Morgan fingerprint density at radius 2 is 2.05 bits per heavy atom. The Kier molecular flexibility index (Phi) is 3.41. The number of nitrogens with two attached hydrogens (primary N) is 1. The molecular formula is C15H19N3O3. The zero-order valence-electron chi connectivity index (χ0n) is 11.8. The molecule has 2 fully saturated rings. The molecule has 2 heterocycles. The number of aromatic nitrogens is 1. The zero-order valence-corrected chi connectivity index (χ0v) is 11.8. The third-order valence-corrected chi connectivity index (χ3v) is 4.77. The molecule has 1 aromatic heterocycles. The van der Waals surface area contributed by atoms with Crippen molar-refractivity contribution < 1.29 is 14.7 Å². The summed E-state index contributed by atoms with van der Waals surface area (Å²) in [6.07, 6.45) is 5.26. The van der Waals surface area contributed by atoms with Gasteiger partial charge in [0.1, 0.15) is 5.69 Å². The molecule has 0 aromatic carbocycles. The number of pyridine rings is 1. The van der Waals surface area contributed by atoms with Crippen LogP contribution in [-0.2, 0) is 0 Å². The molecule has 1 unspecified atom stereocenters. The van der Waals surface area contributed by atoms with E-state index < -0.39 is 17.6 Å². The summed E-state index contributed by atoms with van der Waals surface area (Å²) in [5, 5.41) is 10.3. The summed E-state index contributed by atoms with van der Waals surface area (Å²) in [6, 6.07) is 3.03. The fraction of sp³-hybridized carbons (Fsp3) is 0.533. The number of likely N-dealkylation sites (tertiary alicyclic amines) is 1. The van der Waals surface area contributed by atoms with E-state index in [4.69, 9.17) is 5.73 Å². The van der Waals surface area contributed by atoms with Gasteiger partial charge in [0, 0.05) is 12.7 Å². The van der Waals surface area contributed by atoms with Crippen LogP contribution in [0.4, 0.5) is 0 Å². The van der Waals surface area contributed by atoms with Crippen LogP contribution in [0.3, 0.4) is 0 Å². The summed E-state index contributed by atoms with van der Waals surface area (Å²) in [6.45, 7) is 0.555. The van der Waals surface area contributed by atoms with Gasteiger partial charge in [0.25, 0.3) is 5.91 Å². The molecule has 3 rings (SSSR count). The number of primary amides is 1. The van der Waals surface area contributed by atoms with Crippen LogP contribution in [-0.4, -0.2) is 45.0 Å². The van der Waals surface area contributed by atoms with Crippen LogP contribution in [0.25, 0.3) is 0 Å². The van der Waals surface area contributed by atoms with E-state index in [0.717, 1.165) is 25.7 Å². The van der Waals surface area contributed by atoms with Gasteiger partial charge in [-0.25, -0.2) is 0 Å². The molecule has 3 N–H and O–H groups in total. The number of hydrogen-bond acceptors (Lipinski definition) is 4. The zero-order chi connectivity index (χ0) is 15.0. The number of hydrogen-bond donors (Lipinski definition) is 2. The lowest BCUT2D eigenvalue weighted by Crippen LogP contribution is -2.51. The van der Waals surface area contributed by atoms with Gasteiger partial charge >= 0.3 is 0 Å². The first-order valence-electron chi connectivity index (χ1n) is 7.30. The van der Waals surface area contributed by atoms with Gasteiger partial charge in [-0.1, -0.05) is 12.8 Å². The summed E-state index contributed by atoms with van der Waals surface area (Å²) >= 11 is 0. The van der Waals surface area contributed by atoms with Crippen molar-refractivity contribution in [1.29, 1.82) is 0 Å². The van der Waals surface area contributed by atoms with E-state index >= 15 is 0 Å². The average molecular weight is 289 g/mol. The lowest BCUT2D eigenvalue weighted by atomic mass is 9.91. The van der Waals surface area contributed by atoms with E-state index in [2.05, 4.69) is 4.98 Å². The monoisotopic (exact) mass is 289 g/mol. The van der Waals surface area contributed by atoms with Crippen LogP contribution >= 0.6 is 0 Å². The van der Waals surface area contributed by atoms with Gasteiger partial charge in [0.05, 0.1) is 17.2 Å². The summed E-state index contributed by atoms with van der Waals surface area (Å²) in [7, 11) is 0. The summed E-state index contributed by atoms with van der Waals surface area (Å²) in [5.41, 5.74) is 5.32. The minimum Gasteiger partial charge on any atom is -0.391 e. The molecule has 2 aliphatic rings. The number of nitrogens with zero attached hydrogens (tertiary/aromatic N) is 2. The second-order valence-electron chi connectivity index (χ2n) is 5.87. The average Bonchev–Trinajstić information content (AvgIpc) is 3.09. The smallest absolute Gasteiger partial charge is 0.272 e. The topological polar surface area (TPSA) is 96.5 Å². The van der Waals surface area contributed by atoms with Crippen molar-refractivity contribution in [3.63, 3.8) is 0 Å². The lowest BCUT2D eigenvalue weighted by molar-refractivity contribution is 0.0256. The highest BCUT2D eigenvalue weighted by molar-refractivity contribution is 5.95. The maximum absolute atomic E-state index is 12.7. The molecule has 1 aliphatic carbocycles. The number of rotatable bonds is 2. The van der Waals surface area contributed by atoms with E-state index in [1.807, 2.05) is 0 Å². The van der Waals surface area contributed by atoms with E-state index in [0.29, 0.717) is 18.7 Å². The Bertz CT molecular complexity index is 564. The highest BCUT2D eigenvalue weighted by atomic mass is 16.3. The van der Waals surface area contributed by atoms with Gasteiger partial charge in [-0.05, 0) is 31.4 Å². The largest absolute Gasteiger partial charge is 0.391 e. The molecule has 0 radical (unpaired) electrons.